The van der Waals surface area contributed by atoms with Crippen LogP contribution in [0.3, 0.4) is 0 Å². The molecule has 2 nitrogen and oxygen atoms in total. The summed E-state index contributed by atoms with van der Waals surface area (Å²) in [4.78, 5) is 2.71. The minimum absolute atomic E-state index is 0.158. The van der Waals surface area contributed by atoms with E-state index in [1.165, 1.54) is 58.0 Å². The minimum atomic E-state index is 0.158. The first kappa shape index (κ1) is 11.4. The van der Waals surface area contributed by atoms with Crippen molar-refractivity contribution in [3.8, 4) is 0 Å². The predicted octanol–water partition coefficient (Wildman–Crippen LogP) is 2.82. The number of rotatable bonds is 2. The number of ether oxygens (including phenoxy) is 1. The molecule has 15 heavy (non-hydrogen) atoms. The fourth-order valence-corrected chi connectivity index (χ4v) is 3.01. The van der Waals surface area contributed by atoms with E-state index >= 15 is 0 Å². The van der Waals surface area contributed by atoms with E-state index in [1.807, 2.05) is 7.11 Å². The van der Waals surface area contributed by atoms with Crippen LogP contribution < -0.4 is 0 Å². The lowest BCUT2D eigenvalue weighted by Crippen LogP contribution is -2.48. The van der Waals surface area contributed by atoms with Crippen molar-refractivity contribution in [3.63, 3.8) is 0 Å². The molecule has 1 heterocycles. The average molecular weight is 211 g/mol. The average Bonchev–Trinajstić information content (AvgIpc) is 2.31. The molecule has 0 atom stereocenters. The van der Waals surface area contributed by atoms with Crippen LogP contribution >= 0.6 is 0 Å². The fraction of sp³-hybridized carbons (Fsp3) is 1.00. The molecule has 1 saturated carbocycles. The van der Waals surface area contributed by atoms with E-state index in [0.29, 0.717) is 0 Å². The van der Waals surface area contributed by atoms with Gasteiger partial charge >= 0.3 is 0 Å². The summed E-state index contributed by atoms with van der Waals surface area (Å²) in [6.45, 7) is 4.75. The van der Waals surface area contributed by atoms with Crippen LogP contribution in [0.4, 0.5) is 0 Å². The maximum absolute atomic E-state index is 5.59. The standard InChI is InChI=1S/C13H25NO/c1-13(15-2)8-10-14(11-9-13)12-6-4-3-5-7-12/h12H,3-11H2,1-2H3. The summed E-state index contributed by atoms with van der Waals surface area (Å²) < 4.78 is 5.59. The third-order valence-corrected chi connectivity index (χ3v) is 4.44. The van der Waals surface area contributed by atoms with E-state index in [-0.39, 0.29) is 5.60 Å². The van der Waals surface area contributed by atoms with Gasteiger partial charge in [-0.1, -0.05) is 19.3 Å². The smallest absolute Gasteiger partial charge is 0.0675 e. The number of methoxy groups -OCH3 is 1. The molecule has 1 saturated heterocycles. The molecule has 2 rings (SSSR count). The Bertz CT molecular complexity index is 191. The molecule has 88 valence electrons. The third-order valence-electron chi connectivity index (χ3n) is 4.44. The van der Waals surface area contributed by atoms with Gasteiger partial charge in [0.1, 0.15) is 0 Å². The predicted molar refractivity (Wildman–Crippen MR) is 63.1 cm³/mol. The molecule has 0 aromatic heterocycles. The van der Waals surface area contributed by atoms with Gasteiger partial charge in [-0.3, -0.25) is 0 Å². The van der Waals surface area contributed by atoms with Crippen LogP contribution in [0.15, 0.2) is 0 Å². The Hall–Kier alpha value is -0.0800. The number of piperidine rings is 1. The zero-order valence-corrected chi connectivity index (χ0v) is 10.3. The van der Waals surface area contributed by atoms with Crippen molar-refractivity contribution in [2.24, 2.45) is 0 Å². The van der Waals surface area contributed by atoms with E-state index in [0.717, 1.165) is 6.04 Å². The van der Waals surface area contributed by atoms with Gasteiger partial charge in [0.15, 0.2) is 0 Å². The molecule has 0 amide bonds. The summed E-state index contributed by atoms with van der Waals surface area (Å²) in [5.41, 5.74) is 0.158. The third kappa shape index (κ3) is 2.73. The number of hydrogen-bond donors (Lipinski definition) is 0. The molecule has 2 fully saturated rings. The van der Waals surface area contributed by atoms with Crippen molar-refractivity contribution in [3.05, 3.63) is 0 Å². The molecule has 2 heteroatoms. The molecule has 1 aliphatic heterocycles. The Morgan fingerprint density at radius 2 is 1.67 bits per heavy atom. The van der Waals surface area contributed by atoms with Gasteiger partial charge < -0.3 is 9.64 Å². The first-order chi connectivity index (χ1) is 7.23. The van der Waals surface area contributed by atoms with E-state index < -0.39 is 0 Å². The van der Waals surface area contributed by atoms with Crippen molar-refractivity contribution >= 4 is 0 Å². The normalized spacial score (nSPS) is 29.2. The number of nitrogens with zero attached hydrogens (tertiary/aromatic N) is 1. The van der Waals surface area contributed by atoms with Crippen molar-refractivity contribution in [1.82, 2.24) is 4.90 Å². The zero-order chi connectivity index (χ0) is 10.7. The van der Waals surface area contributed by atoms with Crippen LogP contribution in [0, 0.1) is 0 Å². The van der Waals surface area contributed by atoms with E-state index in [4.69, 9.17) is 4.74 Å². The van der Waals surface area contributed by atoms with Crippen molar-refractivity contribution in [1.29, 1.82) is 0 Å². The van der Waals surface area contributed by atoms with E-state index in [1.54, 1.807) is 0 Å². The highest BCUT2D eigenvalue weighted by Gasteiger charge is 2.32. The van der Waals surface area contributed by atoms with Gasteiger partial charge in [0, 0.05) is 26.2 Å². The lowest BCUT2D eigenvalue weighted by atomic mass is 9.88. The molecule has 0 bridgehead atoms. The summed E-state index contributed by atoms with van der Waals surface area (Å²) >= 11 is 0. The Morgan fingerprint density at radius 3 is 2.20 bits per heavy atom. The van der Waals surface area contributed by atoms with Gasteiger partial charge in [-0.25, -0.2) is 0 Å². The van der Waals surface area contributed by atoms with Gasteiger partial charge in [0.2, 0.25) is 0 Å². The first-order valence-electron chi connectivity index (χ1n) is 6.53. The molecule has 2 aliphatic rings. The topological polar surface area (TPSA) is 12.5 Å². The first-order valence-corrected chi connectivity index (χ1v) is 6.53. The van der Waals surface area contributed by atoms with Gasteiger partial charge in [-0.05, 0) is 32.6 Å². The quantitative estimate of drug-likeness (QED) is 0.696. The Balaban J connectivity index is 1.82. The molecular formula is C13H25NO. The van der Waals surface area contributed by atoms with Gasteiger partial charge in [-0.15, -0.1) is 0 Å². The van der Waals surface area contributed by atoms with Crippen molar-refractivity contribution < 1.29 is 4.74 Å². The molecule has 1 aliphatic carbocycles. The van der Waals surface area contributed by atoms with E-state index in [9.17, 15) is 0 Å². The summed E-state index contributed by atoms with van der Waals surface area (Å²) in [7, 11) is 1.86. The second-order valence-electron chi connectivity index (χ2n) is 5.48. The summed E-state index contributed by atoms with van der Waals surface area (Å²) in [6.07, 6.45) is 9.64. The molecule has 0 radical (unpaired) electrons. The molecular weight excluding hydrogens is 186 g/mol. The maximum Gasteiger partial charge on any atom is 0.0675 e. The van der Waals surface area contributed by atoms with Crippen LogP contribution in [-0.2, 0) is 4.74 Å². The summed E-state index contributed by atoms with van der Waals surface area (Å²) in [5.74, 6) is 0. The monoisotopic (exact) mass is 211 g/mol. The molecule has 0 aromatic rings. The molecule has 0 spiro atoms. The Kier molecular flexibility index (Phi) is 3.68. The van der Waals surface area contributed by atoms with Crippen molar-refractivity contribution in [2.45, 2.75) is 63.5 Å². The molecule has 0 unspecified atom stereocenters. The second-order valence-corrected chi connectivity index (χ2v) is 5.48. The van der Waals surface area contributed by atoms with Gasteiger partial charge in [0.25, 0.3) is 0 Å². The lowest BCUT2D eigenvalue weighted by Gasteiger charge is -2.43. The zero-order valence-electron chi connectivity index (χ0n) is 10.3. The molecule has 0 aromatic carbocycles. The van der Waals surface area contributed by atoms with Gasteiger partial charge in [0.05, 0.1) is 5.60 Å². The minimum Gasteiger partial charge on any atom is -0.378 e. The van der Waals surface area contributed by atoms with Crippen LogP contribution in [0.2, 0.25) is 0 Å². The fourth-order valence-electron chi connectivity index (χ4n) is 3.01. The van der Waals surface area contributed by atoms with Crippen LogP contribution in [0.5, 0.6) is 0 Å². The van der Waals surface area contributed by atoms with Crippen LogP contribution in [0.1, 0.15) is 51.9 Å². The largest absolute Gasteiger partial charge is 0.378 e. The lowest BCUT2D eigenvalue weighted by molar-refractivity contribution is -0.0528. The van der Waals surface area contributed by atoms with Crippen LogP contribution in [-0.4, -0.2) is 36.7 Å². The summed E-state index contributed by atoms with van der Waals surface area (Å²) in [6, 6.07) is 0.889. The highest BCUT2D eigenvalue weighted by atomic mass is 16.5. The van der Waals surface area contributed by atoms with E-state index in [2.05, 4.69) is 11.8 Å². The molecule has 0 N–H and O–H groups in total. The second kappa shape index (κ2) is 4.84. The summed E-state index contributed by atoms with van der Waals surface area (Å²) in [5, 5.41) is 0. The van der Waals surface area contributed by atoms with Crippen LogP contribution in [0.25, 0.3) is 0 Å². The van der Waals surface area contributed by atoms with Gasteiger partial charge in [-0.2, -0.15) is 0 Å². The Labute approximate surface area is 94.0 Å². The SMILES string of the molecule is COC1(C)CCN(C2CCCCC2)CC1. The number of likely N-dealkylation sites (tertiary alicyclic amines) is 1. The highest BCUT2D eigenvalue weighted by Crippen LogP contribution is 2.30. The number of hydrogen-bond acceptors (Lipinski definition) is 2. The Morgan fingerprint density at radius 1 is 1.07 bits per heavy atom. The highest BCUT2D eigenvalue weighted by molar-refractivity contribution is 4.87. The maximum atomic E-state index is 5.59. The van der Waals surface area contributed by atoms with Crippen molar-refractivity contribution in [2.75, 3.05) is 20.2 Å².